The third-order valence-electron chi connectivity index (χ3n) is 7.17. The summed E-state index contributed by atoms with van der Waals surface area (Å²) in [5.41, 5.74) is 6.52. The highest BCUT2D eigenvalue weighted by molar-refractivity contribution is 8.00. The van der Waals surface area contributed by atoms with Gasteiger partial charge in [0.15, 0.2) is 0 Å². The number of hydrogen-bond acceptors (Lipinski definition) is 4. The normalized spacial score (nSPS) is 40.2. The van der Waals surface area contributed by atoms with Crippen LogP contribution >= 0.6 is 11.8 Å². The number of fused-ring (bicyclic) bond motifs is 1. The summed E-state index contributed by atoms with van der Waals surface area (Å²) in [5, 5.41) is 0.620. The smallest absolute Gasteiger partial charge is 0.246 e. The summed E-state index contributed by atoms with van der Waals surface area (Å²) in [6.07, 6.45) is 15.0. The number of nitrogens with zero attached hydrogens (tertiary/aromatic N) is 1. The first kappa shape index (κ1) is 18.8. The molecule has 0 spiro atoms. The number of thioether (sulfide) groups is 1. The Kier molecular flexibility index (Phi) is 6.27. The van der Waals surface area contributed by atoms with E-state index in [2.05, 4.69) is 28.8 Å². The molecule has 2 aliphatic heterocycles. The number of carbonyl (C=O) groups is 1. The van der Waals surface area contributed by atoms with Gasteiger partial charge in [-0.3, -0.25) is 15.6 Å². The highest BCUT2D eigenvalue weighted by atomic mass is 32.2. The molecule has 2 aliphatic carbocycles. The summed E-state index contributed by atoms with van der Waals surface area (Å²) >= 11 is 2.05. The molecular formula is C21H35N3OS. The van der Waals surface area contributed by atoms with Gasteiger partial charge in [-0.05, 0) is 68.6 Å². The molecule has 0 aromatic heterocycles. The molecular weight excluding hydrogens is 342 g/mol. The number of allylic oxidation sites excluding steroid dienone is 1. The van der Waals surface area contributed by atoms with Crippen molar-refractivity contribution in [1.29, 1.82) is 0 Å². The SMILES string of the molecule is CC1NNCC1N(CC1CCCS1)C(=O)/C=C/C1CCC2CCCC2C1. The van der Waals surface area contributed by atoms with Crippen molar-refractivity contribution in [2.24, 2.45) is 17.8 Å². The topological polar surface area (TPSA) is 44.4 Å². The van der Waals surface area contributed by atoms with Gasteiger partial charge in [0.05, 0.1) is 6.04 Å². The fourth-order valence-electron chi connectivity index (χ4n) is 5.60. The highest BCUT2D eigenvalue weighted by Gasteiger charge is 2.35. The van der Waals surface area contributed by atoms with E-state index in [0.29, 0.717) is 17.2 Å². The van der Waals surface area contributed by atoms with Crippen LogP contribution in [0.25, 0.3) is 0 Å². The molecule has 6 atom stereocenters. The van der Waals surface area contributed by atoms with E-state index in [4.69, 9.17) is 0 Å². The molecule has 0 bridgehead atoms. The van der Waals surface area contributed by atoms with Crippen molar-refractivity contribution in [1.82, 2.24) is 15.8 Å². The van der Waals surface area contributed by atoms with Crippen LogP contribution in [0.1, 0.15) is 58.3 Å². The second kappa shape index (κ2) is 8.66. The lowest BCUT2D eigenvalue weighted by Crippen LogP contribution is -2.48. The third-order valence-corrected chi connectivity index (χ3v) is 8.55. The van der Waals surface area contributed by atoms with E-state index in [0.717, 1.165) is 24.9 Å². The zero-order chi connectivity index (χ0) is 17.9. The fourth-order valence-corrected chi connectivity index (χ4v) is 6.87. The molecule has 0 radical (unpaired) electrons. The van der Waals surface area contributed by atoms with Crippen molar-refractivity contribution >= 4 is 17.7 Å². The second-order valence-corrected chi connectivity index (χ2v) is 10.3. The molecule has 2 heterocycles. The van der Waals surface area contributed by atoms with Crippen LogP contribution in [0.2, 0.25) is 0 Å². The Balaban J connectivity index is 1.38. The first-order valence-corrected chi connectivity index (χ1v) is 11.8. The summed E-state index contributed by atoms with van der Waals surface area (Å²) in [6.45, 7) is 3.94. The fraction of sp³-hybridized carbons (Fsp3) is 0.857. The van der Waals surface area contributed by atoms with Crippen LogP contribution in [0.4, 0.5) is 0 Å². The molecule has 6 unspecified atom stereocenters. The molecule has 26 heavy (non-hydrogen) atoms. The van der Waals surface area contributed by atoms with E-state index < -0.39 is 0 Å². The lowest BCUT2D eigenvalue weighted by Gasteiger charge is -2.32. The molecule has 4 aliphatic rings. The lowest BCUT2D eigenvalue weighted by atomic mass is 9.76. The Morgan fingerprint density at radius 1 is 1.15 bits per heavy atom. The summed E-state index contributed by atoms with van der Waals surface area (Å²) in [4.78, 5) is 15.3. The first-order valence-electron chi connectivity index (χ1n) is 10.8. The Labute approximate surface area is 162 Å². The number of hydrogen-bond donors (Lipinski definition) is 2. The van der Waals surface area contributed by atoms with E-state index in [-0.39, 0.29) is 11.9 Å². The highest BCUT2D eigenvalue weighted by Crippen LogP contribution is 2.44. The van der Waals surface area contributed by atoms with Crippen LogP contribution in [0.15, 0.2) is 12.2 Å². The first-order chi connectivity index (χ1) is 12.7. The molecule has 146 valence electrons. The minimum atomic E-state index is 0.230. The van der Waals surface area contributed by atoms with Gasteiger partial charge in [-0.1, -0.05) is 25.3 Å². The zero-order valence-electron chi connectivity index (χ0n) is 16.2. The lowest BCUT2D eigenvalue weighted by molar-refractivity contribution is -0.128. The molecule has 1 amide bonds. The molecule has 2 saturated heterocycles. The van der Waals surface area contributed by atoms with Crippen molar-refractivity contribution in [3.05, 3.63) is 12.2 Å². The van der Waals surface area contributed by atoms with Crippen LogP contribution in [-0.4, -0.2) is 47.0 Å². The van der Waals surface area contributed by atoms with Gasteiger partial charge >= 0.3 is 0 Å². The van der Waals surface area contributed by atoms with Crippen LogP contribution in [-0.2, 0) is 4.79 Å². The number of nitrogens with one attached hydrogen (secondary N) is 2. The van der Waals surface area contributed by atoms with E-state index in [1.54, 1.807) is 0 Å². The third kappa shape index (κ3) is 4.31. The van der Waals surface area contributed by atoms with Gasteiger partial charge in [0.25, 0.3) is 0 Å². The van der Waals surface area contributed by atoms with Crippen molar-refractivity contribution in [2.45, 2.75) is 75.6 Å². The van der Waals surface area contributed by atoms with E-state index in [9.17, 15) is 4.79 Å². The second-order valence-electron chi connectivity index (χ2n) is 8.89. The van der Waals surface area contributed by atoms with Crippen LogP contribution in [0.5, 0.6) is 0 Å². The molecule has 0 aromatic rings. The van der Waals surface area contributed by atoms with Crippen LogP contribution in [0.3, 0.4) is 0 Å². The molecule has 4 nitrogen and oxygen atoms in total. The van der Waals surface area contributed by atoms with Crippen molar-refractivity contribution in [2.75, 3.05) is 18.8 Å². The Hall–Kier alpha value is -0.520. The summed E-state index contributed by atoms with van der Waals surface area (Å²) < 4.78 is 0. The van der Waals surface area contributed by atoms with Gasteiger partial charge in [0.2, 0.25) is 5.91 Å². The maximum atomic E-state index is 13.1. The molecule has 4 rings (SSSR count). The van der Waals surface area contributed by atoms with Gasteiger partial charge in [0.1, 0.15) is 0 Å². The largest absolute Gasteiger partial charge is 0.332 e. The average Bonchev–Trinajstić information content (AvgIpc) is 3.39. The number of hydrazine groups is 1. The maximum Gasteiger partial charge on any atom is 0.246 e. The van der Waals surface area contributed by atoms with Gasteiger partial charge < -0.3 is 4.90 Å². The predicted octanol–water partition coefficient (Wildman–Crippen LogP) is 3.35. The van der Waals surface area contributed by atoms with Crippen LogP contribution < -0.4 is 10.9 Å². The minimum absolute atomic E-state index is 0.230. The molecule has 4 fully saturated rings. The Bertz CT molecular complexity index is 519. The van der Waals surface area contributed by atoms with E-state index in [1.165, 1.54) is 57.1 Å². The quantitative estimate of drug-likeness (QED) is 0.721. The van der Waals surface area contributed by atoms with Crippen molar-refractivity contribution in [3.63, 3.8) is 0 Å². The standard InChI is InChI=1S/C21H35N3OS/c1-15-20(13-22-23-15)24(14-19-6-3-11-26-19)21(25)10-8-16-7-9-17-4-2-5-18(17)12-16/h8,10,15-20,22-23H,2-7,9,11-14H2,1H3/b10-8+. The maximum absolute atomic E-state index is 13.1. The van der Waals surface area contributed by atoms with Gasteiger partial charge in [-0.2, -0.15) is 11.8 Å². The van der Waals surface area contributed by atoms with Gasteiger partial charge in [-0.25, -0.2) is 0 Å². The predicted molar refractivity (Wildman–Crippen MR) is 109 cm³/mol. The Morgan fingerprint density at radius 3 is 2.81 bits per heavy atom. The van der Waals surface area contributed by atoms with E-state index in [1.807, 2.05) is 17.8 Å². The molecule has 5 heteroatoms. The van der Waals surface area contributed by atoms with Gasteiger partial charge in [0, 0.05) is 24.4 Å². The number of rotatable bonds is 5. The molecule has 2 N–H and O–H groups in total. The zero-order valence-corrected chi connectivity index (χ0v) is 17.0. The monoisotopic (exact) mass is 377 g/mol. The molecule has 2 saturated carbocycles. The number of amides is 1. The summed E-state index contributed by atoms with van der Waals surface area (Å²) in [7, 11) is 0. The molecule has 0 aromatic carbocycles. The minimum Gasteiger partial charge on any atom is -0.332 e. The summed E-state index contributed by atoms with van der Waals surface area (Å²) in [6, 6.07) is 0.576. The summed E-state index contributed by atoms with van der Waals surface area (Å²) in [5.74, 6) is 4.03. The van der Waals surface area contributed by atoms with Crippen LogP contribution in [0, 0.1) is 17.8 Å². The van der Waals surface area contributed by atoms with Crippen molar-refractivity contribution < 1.29 is 4.79 Å². The average molecular weight is 378 g/mol. The Morgan fingerprint density at radius 2 is 2.04 bits per heavy atom. The van der Waals surface area contributed by atoms with E-state index >= 15 is 0 Å². The number of carbonyl (C=O) groups excluding carboxylic acids is 1. The van der Waals surface area contributed by atoms with Crippen molar-refractivity contribution in [3.8, 4) is 0 Å². The van der Waals surface area contributed by atoms with Gasteiger partial charge in [-0.15, -0.1) is 0 Å².